The lowest BCUT2D eigenvalue weighted by atomic mass is 9.76. The molecule has 0 unspecified atom stereocenters. The molecule has 3 rings (SSSR count). The SMILES string of the molecule is CCC1(C(=O)c2cn(C)c3cc(C)ccc23)CCCC1. The molecule has 0 amide bonds. The number of benzene rings is 1. The molecule has 1 heterocycles. The van der Waals surface area contributed by atoms with Gasteiger partial charge in [-0.3, -0.25) is 4.79 Å². The summed E-state index contributed by atoms with van der Waals surface area (Å²) in [5.41, 5.74) is 3.23. The van der Waals surface area contributed by atoms with Gasteiger partial charge in [0.1, 0.15) is 0 Å². The van der Waals surface area contributed by atoms with Gasteiger partial charge in [-0.05, 0) is 37.8 Å². The van der Waals surface area contributed by atoms with Crippen molar-refractivity contribution in [1.82, 2.24) is 4.57 Å². The van der Waals surface area contributed by atoms with E-state index in [4.69, 9.17) is 0 Å². The van der Waals surface area contributed by atoms with Crippen LogP contribution in [0, 0.1) is 12.3 Å². The van der Waals surface area contributed by atoms with Gasteiger partial charge in [0, 0.05) is 35.1 Å². The average molecular weight is 269 g/mol. The van der Waals surface area contributed by atoms with Crippen molar-refractivity contribution in [2.24, 2.45) is 12.5 Å². The van der Waals surface area contributed by atoms with E-state index >= 15 is 0 Å². The molecule has 106 valence electrons. The summed E-state index contributed by atoms with van der Waals surface area (Å²) in [5, 5.41) is 1.11. The van der Waals surface area contributed by atoms with Gasteiger partial charge >= 0.3 is 0 Å². The topological polar surface area (TPSA) is 22.0 Å². The van der Waals surface area contributed by atoms with Crippen LogP contribution in [0.1, 0.15) is 54.9 Å². The van der Waals surface area contributed by atoms with Crippen LogP contribution in [0.15, 0.2) is 24.4 Å². The third-order valence-electron chi connectivity index (χ3n) is 5.11. The molecule has 0 saturated heterocycles. The number of hydrogen-bond donors (Lipinski definition) is 0. The van der Waals surface area contributed by atoms with Gasteiger partial charge in [0.25, 0.3) is 0 Å². The molecule has 20 heavy (non-hydrogen) atoms. The number of aryl methyl sites for hydroxylation is 2. The molecule has 0 N–H and O–H groups in total. The molecule has 2 heteroatoms. The number of fused-ring (bicyclic) bond motifs is 1. The molecule has 1 aromatic carbocycles. The standard InChI is InChI=1S/C18H23NO/c1-4-18(9-5-6-10-18)17(20)15-12-19(3)16-11-13(2)7-8-14(15)16/h7-8,11-12H,4-6,9-10H2,1-3H3. The van der Waals surface area contributed by atoms with Crippen LogP contribution in [-0.2, 0) is 7.05 Å². The summed E-state index contributed by atoms with van der Waals surface area (Å²) in [5.74, 6) is 0.368. The lowest BCUT2D eigenvalue weighted by molar-refractivity contribution is 0.0793. The molecule has 2 nitrogen and oxygen atoms in total. The van der Waals surface area contributed by atoms with E-state index in [0.29, 0.717) is 5.78 Å². The zero-order valence-electron chi connectivity index (χ0n) is 12.7. The van der Waals surface area contributed by atoms with Crippen molar-refractivity contribution in [3.63, 3.8) is 0 Å². The number of hydrogen-bond acceptors (Lipinski definition) is 1. The van der Waals surface area contributed by atoms with E-state index in [0.717, 1.165) is 35.7 Å². The largest absolute Gasteiger partial charge is 0.350 e. The summed E-state index contributed by atoms with van der Waals surface area (Å²) in [6.45, 7) is 4.26. The van der Waals surface area contributed by atoms with Crippen molar-refractivity contribution in [2.75, 3.05) is 0 Å². The third kappa shape index (κ3) is 1.90. The number of carbonyl (C=O) groups excluding carboxylic acids is 1. The highest BCUT2D eigenvalue weighted by molar-refractivity contribution is 6.10. The minimum atomic E-state index is -0.0980. The van der Waals surface area contributed by atoms with E-state index in [-0.39, 0.29) is 5.41 Å². The Balaban J connectivity index is 2.12. The Hall–Kier alpha value is -1.57. The van der Waals surface area contributed by atoms with Crippen molar-refractivity contribution < 1.29 is 4.79 Å². The van der Waals surface area contributed by atoms with E-state index in [2.05, 4.69) is 36.6 Å². The van der Waals surface area contributed by atoms with E-state index < -0.39 is 0 Å². The molecule has 1 saturated carbocycles. The molecule has 0 bridgehead atoms. The van der Waals surface area contributed by atoms with Crippen LogP contribution in [0.2, 0.25) is 0 Å². The smallest absolute Gasteiger partial charge is 0.171 e. The molecular weight excluding hydrogens is 246 g/mol. The zero-order valence-corrected chi connectivity index (χ0v) is 12.7. The molecule has 0 radical (unpaired) electrons. The minimum Gasteiger partial charge on any atom is -0.350 e. The van der Waals surface area contributed by atoms with E-state index in [1.807, 2.05) is 13.2 Å². The number of ketones is 1. The molecule has 1 aliphatic rings. The summed E-state index contributed by atoms with van der Waals surface area (Å²) in [6.07, 6.45) is 7.51. The molecule has 0 spiro atoms. The van der Waals surface area contributed by atoms with Gasteiger partial charge in [-0.15, -0.1) is 0 Å². The highest BCUT2D eigenvalue weighted by atomic mass is 16.1. The Morgan fingerprint density at radius 3 is 2.65 bits per heavy atom. The fraction of sp³-hybridized carbons (Fsp3) is 0.500. The third-order valence-corrected chi connectivity index (χ3v) is 5.11. The molecule has 0 aliphatic heterocycles. The fourth-order valence-electron chi connectivity index (χ4n) is 3.75. The number of carbonyl (C=O) groups is 1. The predicted molar refractivity (Wildman–Crippen MR) is 83.2 cm³/mol. The van der Waals surface area contributed by atoms with Crippen molar-refractivity contribution in [3.8, 4) is 0 Å². The van der Waals surface area contributed by atoms with Crippen molar-refractivity contribution in [2.45, 2.75) is 46.0 Å². The van der Waals surface area contributed by atoms with Crippen molar-refractivity contribution >= 4 is 16.7 Å². The van der Waals surface area contributed by atoms with Crippen LogP contribution < -0.4 is 0 Å². The van der Waals surface area contributed by atoms with E-state index in [1.165, 1.54) is 18.4 Å². The van der Waals surface area contributed by atoms with Gasteiger partial charge in [0.15, 0.2) is 5.78 Å². The van der Waals surface area contributed by atoms with Crippen molar-refractivity contribution in [3.05, 3.63) is 35.5 Å². The average Bonchev–Trinajstić information content (AvgIpc) is 3.04. The zero-order chi connectivity index (χ0) is 14.3. The maximum Gasteiger partial charge on any atom is 0.171 e. The van der Waals surface area contributed by atoms with Crippen LogP contribution >= 0.6 is 0 Å². The fourth-order valence-corrected chi connectivity index (χ4v) is 3.75. The summed E-state index contributed by atoms with van der Waals surface area (Å²) in [7, 11) is 2.03. The van der Waals surface area contributed by atoms with Gasteiger partial charge in [-0.1, -0.05) is 31.9 Å². The van der Waals surface area contributed by atoms with Crippen LogP contribution in [-0.4, -0.2) is 10.4 Å². The summed E-state index contributed by atoms with van der Waals surface area (Å²) in [6, 6.07) is 6.38. The molecule has 1 fully saturated rings. The Morgan fingerprint density at radius 2 is 2.00 bits per heavy atom. The van der Waals surface area contributed by atoms with Gasteiger partial charge in [0.05, 0.1) is 0 Å². The minimum absolute atomic E-state index is 0.0980. The Morgan fingerprint density at radius 1 is 1.30 bits per heavy atom. The quantitative estimate of drug-likeness (QED) is 0.744. The normalized spacial score (nSPS) is 17.8. The van der Waals surface area contributed by atoms with Gasteiger partial charge in [0.2, 0.25) is 0 Å². The van der Waals surface area contributed by atoms with Gasteiger partial charge in [-0.2, -0.15) is 0 Å². The van der Waals surface area contributed by atoms with Gasteiger partial charge in [-0.25, -0.2) is 0 Å². The lowest BCUT2D eigenvalue weighted by Crippen LogP contribution is -2.27. The highest BCUT2D eigenvalue weighted by Crippen LogP contribution is 2.44. The number of rotatable bonds is 3. The first-order valence-corrected chi connectivity index (χ1v) is 7.68. The first-order valence-electron chi connectivity index (χ1n) is 7.68. The van der Waals surface area contributed by atoms with Crippen LogP contribution in [0.3, 0.4) is 0 Å². The number of aromatic nitrogens is 1. The van der Waals surface area contributed by atoms with E-state index in [9.17, 15) is 4.79 Å². The van der Waals surface area contributed by atoms with Crippen LogP contribution in [0.4, 0.5) is 0 Å². The maximum atomic E-state index is 13.1. The first kappa shape index (κ1) is 13.4. The molecule has 2 aromatic rings. The molecule has 1 aliphatic carbocycles. The van der Waals surface area contributed by atoms with Crippen molar-refractivity contribution in [1.29, 1.82) is 0 Å². The van der Waals surface area contributed by atoms with Crippen LogP contribution in [0.25, 0.3) is 10.9 Å². The predicted octanol–water partition coefficient (Wildman–Crippen LogP) is 4.64. The second-order valence-corrected chi connectivity index (χ2v) is 6.34. The summed E-state index contributed by atoms with van der Waals surface area (Å²) >= 11 is 0. The lowest BCUT2D eigenvalue weighted by Gasteiger charge is -2.25. The molecular formula is C18H23NO. The number of nitrogens with zero attached hydrogens (tertiary/aromatic N) is 1. The molecule has 1 aromatic heterocycles. The van der Waals surface area contributed by atoms with E-state index in [1.54, 1.807) is 0 Å². The second kappa shape index (κ2) is 4.76. The summed E-state index contributed by atoms with van der Waals surface area (Å²) < 4.78 is 2.09. The Kier molecular flexibility index (Phi) is 3.19. The van der Waals surface area contributed by atoms with Crippen LogP contribution in [0.5, 0.6) is 0 Å². The monoisotopic (exact) mass is 269 g/mol. The first-order chi connectivity index (χ1) is 9.57. The Bertz CT molecular complexity index is 659. The second-order valence-electron chi connectivity index (χ2n) is 6.34. The Labute approximate surface area is 120 Å². The van der Waals surface area contributed by atoms with Gasteiger partial charge < -0.3 is 4.57 Å². The number of Topliss-reactive ketones (excluding diaryl/α,β-unsaturated/α-hetero) is 1. The molecule has 0 atom stereocenters. The summed E-state index contributed by atoms with van der Waals surface area (Å²) in [4.78, 5) is 13.1. The maximum absolute atomic E-state index is 13.1. The highest BCUT2D eigenvalue weighted by Gasteiger charge is 2.40.